The fourth-order valence-electron chi connectivity index (χ4n) is 2.46. The van der Waals surface area contributed by atoms with Gasteiger partial charge >= 0.3 is 0 Å². The number of rotatable bonds is 5. The van der Waals surface area contributed by atoms with Crippen molar-refractivity contribution in [1.29, 1.82) is 0 Å². The number of ketones is 1. The summed E-state index contributed by atoms with van der Waals surface area (Å²) in [6, 6.07) is 13.0. The number of aryl methyl sites for hydroxylation is 1. The second-order valence-corrected chi connectivity index (χ2v) is 6.41. The normalized spacial score (nSPS) is 10.7. The summed E-state index contributed by atoms with van der Waals surface area (Å²) in [5, 5.41) is 5.01. The van der Waals surface area contributed by atoms with Gasteiger partial charge in [-0.3, -0.25) is 4.79 Å². The summed E-state index contributed by atoms with van der Waals surface area (Å²) in [6.07, 6.45) is 1.49. The maximum absolute atomic E-state index is 12.9. The molecule has 0 fully saturated rings. The number of halogens is 2. The third-order valence-corrected chi connectivity index (χ3v) is 4.81. The molecule has 4 nitrogen and oxygen atoms in total. The molecular weight excluding hydrogens is 359 g/mol. The Morgan fingerprint density at radius 2 is 1.84 bits per heavy atom. The van der Waals surface area contributed by atoms with Crippen molar-refractivity contribution in [3.63, 3.8) is 0 Å². The molecule has 3 rings (SSSR count). The van der Waals surface area contributed by atoms with Crippen LogP contribution in [0, 0.1) is 6.92 Å². The van der Waals surface area contributed by atoms with Crippen molar-refractivity contribution in [2.24, 2.45) is 7.05 Å². The van der Waals surface area contributed by atoms with Crippen LogP contribution >= 0.6 is 23.2 Å². The van der Waals surface area contributed by atoms with Crippen molar-refractivity contribution in [2.45, 2.75) is 13.5 Å². The molecule has 1 heterocycles. The number of nitrogens with zero attached hydrogens (tertiary/aromatic N) is 2. The Morgan fingerprint density at radius 1 is 1.12 bits per heavy atom. The summed E-state index contributed by atoms with van der Waals surface area (Å²) >= 11 is 12.4. The van der Waals surface area contributed by atoms with E-state index in [1.165, 1.54) is 10.9 Å². The molecule has 3 aromatic rings. The molecule has 0 saturated heterocycles. The molecule has 0 aliphatic heterocycles. The molecule has 1 aromatic heterocycles. The molecule has 25 heavy (non-hydrogen) atoms. The zero-order chi connectivity index (χ0) is 18.0. The van der Waals surface area contributed by atoms with E-state index in [0.717, 1.165) is 5.56 Å². The monoisotopic (exact) mass is 374 g/mol. The summed E-state index contributed by atoms with van der Waals surface area (Å²) in [6.45, 7) is 2.12. The lowest BCUT2D eigenvalue weighted by atomic mass is 10.0. The molecule has 0 aliphatic carbocycles. The topological polar surface area (TPSA) is 44.1 Å². The van der Waals surface area contributed by atoms with E-state index in [1.807, 2.05) is 30.3 Å². The molecule has 0 saturated carbocycles. The highest BCUT2D eigenvalue weighted by atomic mass is 35.5. The highest BCUT2D eigenvalue weighted by Gasteiger charge is 2.22. The van der Waals surface area contributed by atoms with E-state index in [0.29, 0.717) is 39.2 Å². The first-order chi connectivity index (χ1) is 12.0. The predicted octanol–water partition coefficient (Wildman–Crippen LogP) is 4.85. The van der Waals surface area contributed by atoms with E-state index in [1.54, 1.807) is 26.1 Å². The Kier molecular flexibility index (Phi) is 5.11. The van der Waals surface area contributed by atoms with Gasteiger partial charge in [0.15, 0.2) is 0 Å². The summed E-state index contributed by atoms with van der Waals surface area (Å²) in [5.74, 6) is 0.151. The fraction of sp³-hybridized carbons (Fsp3) is 0.158. The van der Waals surface area contributed by atoms with Crippen molar-refractivity contribution >= 4 is 29.0 Å². The predicted molar refractivity (Wildman–Crippen MR) is 98.6 cm³/mol. The average Bonchev–Trinajstić information content (AvgIpc) is 2.99. The number of carbonyl (C=O) groups is 1. The highest BCUT2D eigenvalue weighted by molar-refractivity contribution is 6.38. The van der Waals surface area contributed by atoms with Crippen LogP contribution in [0.5, 0.6) is 5.88 Å². The Balaban J connectivity index is 1.91. The minimum Gasteiger partial charge on any atom is -0.472 e. The lowest BCUT2D eigenvalue weighted by Gasteiger charge is -2.10. The maximum atomic E-state index is 12.9. The molecule has 0 N–H and O–H groups in total. The van der Waals surface area contributed by atoms with Crippen LogP contribution < -0.4 is 4.74 Å². The Hall–Kier alpha value is -2.30. The number of carbonyl (C=O) groups excluding carboxylic acids is 1. The number of ether oxygens (including phenoxy) is 1. The Labute approximate surface area is 155 Å². The lowest BCUT2D eigenvalue weighted by Crippen LogP contribution is -2.07. The fourth-order valence-corrected chi connectivity index (χ4v) is 2.92. The third kappa shape index (κ3) is 3.55. The molecule has 0 spiro atoms. The molecule has 128 valence electrons. The molecule has 0 radical (unpaired) electrons. The van der Waals surface area contributed by atoms with Gasteiger partial charge in [-0.2, -0.15) is 5.10 Å². The molecule has 0 unspecified atom stereocenters. The van der Waals surface area contributed by atoms with Gasteiger partial charge in [0.2, 0.25) is 11.7 Å². The maximum Gasteiger partial charge on any atom is 0.223 e. The first kappa shape index (κ1) is 17.5. The first-order valence-corrected chi connectivity index (χ1v) is 8.42. The third-order valence-electron chi connectivity index (χ3n) is 3.91. The first-order valence-electron chi connectivity index (χ1n) is 7.67. The van der Waals surface area contributed by atoms with E-state index in [2.05, 4.69) is 5.10 Å². The van der Waals surface area contributed by atoms with Gasteiger partial charge in [0.05, 0.1) is 11.2 Å². The smallest absolute Gasteiger partial charge is 0.223 e. The standard InChI is InChI=1S/C19H16Cl2N2O2/c1-12-16(20)9-8-14(17(12)21)18(24)15-10-22-23(2)19(15)25-11-13-6-4-3-5-7-13/h3-10H,11H2,1-2H3. The second kappa shape index (κ2) is 7.30. The lowest BCUT2D eigenvalue weighted by molar-refractivity contribution is 0.103. The van der Waals surface area contributed by atoms with E-state index in [-0.39, 0.29) is 5.78 Å². The quantitative estimate of drug-likeness (QED) is 0.599. The zero-order valence-electron chi connectivity index (χ0n) is 13.8. The van der Waals surface area contributed by atoms with Crippen molar-refractivity contribution in [3.05, 3.63) is 81.0 Å². The van der Waals surface area contributed by atoms with Gasteiger partial charge in [-0.05, 0) is 30.2 Å². The van der Waals surface area contributed by atoms with Crippen LogP contribution in [0.3, 0.4) is 0 Å². The summed E-state index contributed by atoms with van der Waals surface area (Å²) in [5.41, 5.74) is 2.41. The van der Waals surface area contributed by atoms with Gasteiger partial charge in [-0.15, -0.1) is 0 Å². The Morgan fingerprint density at radius 3 is 2.56 bits per heavy atom. The van der Waals surface area contributed by atoms with E-state index in [9.17, 15) is 4.79 Å². The molecule has 0 aliphatic rings. The highest BCUT2D eigenvalue weighted by Crippen LogP contribution is 2.31. The van der Waals surface area contributed by atoms with Gasteiger partial charge < -0.3 is 4.74 Å². The van der Waals surface area contributed by atoms with Crippen LogP contribution in [-0.4, -0.2) is 15.6 Å². The molecule has 0 bridgehead atoms. The van der Waals surface area contributed by atoms with Crippen LogP contribution in [0.15, 0.2) is 48.7 Å². The van der Waals surface area contributed by atoms with Gasteiger partial charge in [-0.1, -0.05) is 53.5 Å². The molecular formula is C19H16Cl2N2O2. The van der Waals surface area contributed by atoms with Crippen LogP contribution in [-0.2, 0) is 13.7 Å². The SMILES string of the molecule is Cc1c(Cl)ccc(C(=O)c2cnn(C)c2OCc2ccccc2)c1Cl. The van der Waals surface area contributed by atoms with Crippen molar-refractivity contribution in [1.82, 2.24) is 9.78 Å². The number of benzene rings is 2. The minimum atomic E-state index is -0.249. The van der Waals surface area contributed by atoms with Gasteiger partial charge in [0.1, 0.15) is 12.2 Å². The molecule has 6 heteroatoms. The summed E-state index contributed by atoms with van der Waals surface area (Å²) in [7, 11) is 1.73. The average molecular weight is 375 g/mol. The van der Waals surface area contributed by atoms with Gasteiger partial charge in [0, 0.05) is 17.6 Å². The molecule has 0 atom stereocenters. The van der Waals surface area contributed by atoms with Crippen molar-refractivity contribution in [3.8, 4) is 5.88 Å². The Bertz CT molecular complexity index is 921. The van der Waals surface area contributed by atoms with Crippen molar-refractivity contribution < 1.29 is 9.53 Å². The van der Waals surface area contributed by atoms with Crippen LogP contribution in [0.1, 0.15) is 27.0 Å². The molecule has 0 amide bonds. The van der Waals surface area contributed by atoms with Gasteiger partial charge in [0.25, 0.3) is 0 Å². The number of hydrogen-bond acceptors (Lipinski definition) is 3. The van der Waals surface area contributed by atoms with E-state index < -0.39 is 0 Å². The largest absolute Gasteiger partial charge is 0.472 e. The summed E-state index contributed by atoms with van der Waals surface area (Å²) < 4.78 is 7.38. The minimum absolute atomic E-state index is 0.249. The van der Waals surface area contributed by atoms with E-state index in [4.69, 9.17) is 27.9 Å². The van der Waals surface area contributed by atoms with Crippen LogP contribution in [0.2, 0.25) is 10.0 Å². The number of hydrogen-bond donors (Lipinski definition) is 0. The summed E-state index contributed by atoms with van der Waals surface area (Å²) in [4.78, 5) is 12.9. The van der Waals surface area contributed by atoms with Crippen LogP contribution in [0.25, 0.3) is 0 Å². The van der Waals surface area contributed by atoms with Crippen molar-refractivity contribution in [2.75, 3.05) is 0 Å². The zero-order valence-corrected chi connectivity index (χ0v) is 15.3. The van der Waals surface area contributed by atoms with Crippen LogP contribution in [0.4, 0.5) is 0 Å². The second-order valence-electron chi connectivity index (χ2n) is 5.62. The molecule has 2 aromatic carbocycles. The van der Waals surface area contributed by atoms with Gasteiger partial charge in [-0.25, -0.2) is 4.68 Å². The number of aromatic nitrogens is 2. The van der Waals surface area contributed by atoms with E-state index >= 15 is 0 Å².